The van der Waals surface area contributed by atoms with Crippen LogP contribution >= 0.6 is 0 Å². The molecule has 0 N–H and O–H groups in total. The lowest BCUT2D eigenvalue weighted by Crippen LogP contribution is -2.60. The summed E-state index contributed by atoms with van der Waals surface area (Å²) in [6.07, 6.45) is 0. The van der Waals surface area contributed by atoms with E-state index in [9.17, 15) is 0 Å². The van der Waals surface area contributed by atoms with Crippen molar-refractivity contribution >= 4 is 62.0 Å². The van der Waals surface area contributed by atoms with Crippen LogP contribution in [0, 0.1) is 6.92 Å². The van der Waals surface area contributed by atoms with Gasteiger partial charge in [0.2, 0.25) is 0 Å². The maximum Gasteiger partial charge on any atom is 0.252 e. The monoisotopic (exact) mass is 668 g/mol. The Bertz CT molecular complexity index is 2680. The molecule has 0 unspecified atom stereocenters. The largest absolute Gasteiger partial charge is 0.311 e. The van der Waals surface area contributed by atoms with Crippen molar-refractivity contribution in [2.75, 3.05) is 4.90 Å². The van der Waals surface area contributed by atoms with Crippen LogP contribution in [0.4, 0.5) is 17.1 Å². The number of anilines is 3. The van der Waals surface area contributed by atoms with E-state index in [1.807, 2.05) is 0 Å². The number of para-hydroxylation sites is 2. The standard InChI is InChI=1S/C49H41BN2/c1-32-29-44-46-45(30-32)52-42-22-13-12-19-38(42)39-20-14-21-40(47(39)52)50(46)41-31-36(49(4,5)34-17-10-7-11-18-34)25-28-43(41)51(44)37-26-23-35(24-27-37)48(2,3)33-15-8-6-9-16-33/h6-31H,1-5H3. The van der Waals surface area contributed by atoms with E-state index in [2.05, 4.69) is 202 Å². The predicted octanol–water partition coefficient (Wildman–Crippen LogP) is 10.4. The lowest BCUT2D eigenvalue weighted by Gasteiger charge is -2.41. The molecule has 0 fully saturated rings. The second kappa shape index (κ2) is 11.1. The summed E-state index contributed by atoms with van der Waals surface area (Å²) in [5.41, 5.74) is 17.9. The Morgan fingerprint density at radius 3 is 1.75 bits per heavy atom. The number of fused-ring (bicyclic) bond motifs is 7. The minimum atomic E-state index is -0.169. The van der Waals surface area contributed by atoms with E-state index in [1.54, 1.807) is 0 Å². The van der Waals surface area contributed by atoms with E-state index in [0.717, 1.165) is 0 Å². The second-order valence-corrected chi connectivity index (χ2v) is 15.9. The van der Waals surface area contributed by atoms with Crippen LogP contribution in [0.1, 0.15) is 55.5 Å². The molecule has 0 bridgehead atoms. The van der Waals surface area contributed by atoms with Crippen LogP contribution in [-0.4, -0.2) is 11.3 Å². The topological polar surface area (TPSA) is 8.17 Å². The molecule has 3 heterocycles. The summed E-state index contributed by atoms with van der Waals surface area (Å²) in [4.78, 5) is 2.53. The van der Waals surface area contributed by atoms with E-state index in [0.29, 0.717) is 0 Å². The molecule has 0 spiro atoms. The second-order valence-electron chi connectivity index (χ2n) is 15.9. The van der Waals surface area contributed by atoms with Gasteiger partial charge in [-0.2, -0.15) is 0 Å². The van der Waals surface area contributed by atoms with Crippen molar-refractivity contribution in [3.05, 3.63) is 186 Å². The van der Waals surface area contributed by atoms with Gasteiger partial charge in [0, 0.05) is 49.9 Å². The fourth-order valence-electron chi connectivity index (χ4n) is 9.29. The number of aryl methyl sites for hydroxylation is 1. The molecule has 0 atom stereocenters. The molecule has 7 aromatic carbocycles. The third-order valence-corrected chi connectivity index (χ3v) is 12.2. The first kappa shape index (κ1) is 31.0. The molecule has 1 aromatic heterocycles. The van der Waals surface area contributed by atoms with Gasteiger partial charge in [-0.3, -0.25) is 0 Å². The van der Waals surface area contributed by atoms with Crippen LogP contribution in [0.2, 0.25) is 0 Å². The molecular formula is C49H41BN2. The maximum absolute atomic E-state index is 2.55. The third-order valence-electron chi connectivity index (χ3n) is 12.2. The molecule has 10 rings (SSSR count). The van der Waals surface area contributed by atoms with Crippen LogP contribution in [0.25, 0.3) is 27.5 Å². The Balaban J connectivity index is 1.25. The summed E-state index contributed by atoms with van der Waals surface area (Å²) in [6, 6.07) is 59.1. The minimum Gasteiger partial charge on any atom is -0.311 e. The average molecular weight is 669 g/mol. The van der Waals surface area contributed by atoms with Gasteiger partial charge < -0.3 is 9.47 Å². The number of aromatic nitrogens is 1. The van der Waals surface area contributed by atoms with Gasteiger partial charge in [0.15, 0.2) is 0 Å². The lowest BCUT2D eigenvalue weighted by atomic mass is 9.33. The van der Waals surface area contributed by atoms with Gasteiger partial charge in [0.25, 0.3) is 6.71 Å². The van der Waals surface area contributed by atoms with Gasteiger partial charge >= 0.3 is 0 Å². The SMILES string of the molecule is Cc1cc2c3c(c1)-n1c4ccccc4c4cccc(c41)B3c1cc(C(C)(C)c3ccccc3)ccc1N2c1ccc(C(C)(C)c2ccccc2)cc1. The molecule has 3 heteroatoms. The summed E-state index contributed by atoms with van der Waals surface area (Å²) >= 11 is 0. The number of nitrogens with zero attached hydrogens (tertiary/aromatic N) is 2. The minimum absolute atomic E-state index is 0.0974. The zero-order valence-electron chi connectivity index (χ0n) is 30.5. The van der Waals surface area contributed by atoms with Crippen molar-refractivity contribution in [3.63, 3.8) is 0 Å². The normalized spacial score (nSPS) is 13.4. The van der Waals surface area contributed by atoms with Crippen molar-refractivity contribution in [3.8, 4) is 5.69 Å². The van der Waals surface area contributed by atoms with Crippen LogP contribution in [0.3, 0.4) is 0 Å². The molecule has 52 heavy (non-hydrogen) atoms. The summed E-state index contributed by atoms with van der Waals surface area (Å²) < 4.78 is 2.55. The van der Waals surface area contributed by atoms with Crippen LogP contribution in [-0.2, 0) is 10.8 Å². The zero-order valence-corrected chi connectivity index (χ0v) is 30.5. The van der Waals surface area contributed by atoms with Gasteiger partial charge in [0.05, 0.1) is 5.52 Å². The molecule has 0 radical (unpaired) electrons. The molecule has 0 saturated heterocycles. The lowest BCUT2D eigenvalue weighted by molar-refractivity contribution is 0.641. The highest BCUT2D eigenvalue weighted by Crippen LogP contribution is 2.44. The molecular weight excluding hydrogens is 627 g/mol. The average Bonchev–Trinajstić information content (AvgIpc) is 3.52. The van der Waals surface area contributed by atoms with Crippen molar-refractivity contribution < 1.29 is 0 Å². The quantitative estimate of drug-likeness (QED) is 0.166. The summed E-state index contributed by atoms with van der Waals surface area (Å²) in [6.45, 7) is 11.7. The Morgan fingerprint density at radius 2 is 1.04 bits per heavy atom. The molecule has 0 aliphatic carbocycles. The summed E-state index contributed by atoms with van der Waals surface area (Å²) in [5, 5.41) is 2.63. The van der Waals surface area contributed by atoms with Gasteiger partial charge in [-0.25, -0.2) is 0 Å². The number of hydrogen-bond acceptors (Lipinski definition) is 1. The number of hydrogen-bond donors (Lipinski definition) is 0. The Morgan fingerprint density at radius 1 is 0.462 bits per heavy atom. The van der Waals surface area contributed by atoms with E-state index < -0.39 is 0 Å². The smallest absolute Gasteiger partial charge is 0.252 e. The van der Waals surface area contributed by atoms with Crippen molar-refractivity contribution in [2.45, 2.75) is 45.4 Å². The highest BCUT2D eigenvalue weighted by atomic mass is 15.2. The van der Waals surface area contributed by atoms with Gasteiger partial charge in [-0.15, -0.1) is 0 Å². The first-order valence-corrected chi connectivity index (χ1v) is 18.6. The van der Waals surface area contributed by atoms with Crippen LogP contribution < -0.4 is 21.3 Å². The van der Waals surface area contributed by atoms with Crippen LogP contribution in [0.5, 0.6) is 0 Å². The molecule has 2 aliphatic rings. The molecule has 0 saturated carbocycles. The van der Waals surface area contributed by atoms with E-state index in [4.69, 9.17) is 0 Å². The summed E-state index contributed by atoms with van der Waals surface area (Å²) in [7, 11) is 0. The van der Waals surface area contributed by atoms with Crippen molar-refractivity contribution in [1.29, 1.82) is 0 Å². The third kappa shape index (κ3) is 4.32. The fraction of sp³-hybridized carbons (Fsp3) is 0.143. The Kier molecular flexibility index (Phi) is 6.61. The molecule has 2 aliphatic heterocycles. The summed E-state index contributed by atoms with van der Waals surface area (Å²) in [5.74, 6) is 0. The van der Waals surface area contributed by atoms with Crippen molar-refractivity contribution in [2.24, 2.45) is 0 Å². The number of rotatable bonds is 5. The fourth-order valence-corrected chi connectivity index (χ4v) is 9.29. The highest BCUT2D eigenvalue weighted by Gasteiger charge is 2.43. The van der Waals surface area contributed by atoms with E-state index in [-0.39, 0.29) is 17.5 Å². The van der Waals surface area contributed by atoms with E-state index >= 15 is 0 Å². The van der Waals surface area contributed by atoms with Crippen LogP contribution in [0.15, 0.2) is 158 Å². The Hall–Kier alpha value is -5.80. The highest BCUT2D eigenvalue weighted by molar-refractivity contribution is 7.00. The van der Waals surface area contributed by atoms with Crippen molar-refractivity contribution in [1.82, 2.24) is 4.57 Å². The predicted molar refractivity (Wildman–Crippen MR) is 222 cm³/mol. The zero-order chi connectivity index (χ0) is 35.4. The number of benzene rings is 7. The molecule has 8 aromatic rings. The van der Waals surface area contributed by atoms with Gasteiger partial charge in [0.1, 0.15) is 0 Å². The Labute approximate surface area is 307 Å². The van der Waals surface area contributed by atoms with Gasteiger partial charge in [-0.1, -0.05) is 149 Å². The molecule has 250 valence electrons. The maximum atomic E-state index is 2.55. The van der Waals surface area contributed by atoms with E-state index in [1.165, 1.54) is 88.8 Å². The first-order chi connectivity index (χ1) is 25.2. The molecule has 0 amide bonds. The first-order valence-electron chi connectivity index (χ1n) is 18.6. The van der Waals surface area contributed by atoms with Gasteiger partial charge in [-0.05, 0) is 87.5 Å². The molecule has 2 nitrogen and oxygen atoms in total.